The first-order chi connectivity index (χ1) is 13.5. The number of benzene rings is 1. The van der Waals surface area contributed by atoms with Crippen LogP contribution in [-0.2, 0) is 9.59 Å². The van der Waals surface area contributed by atoms with Crippen molar-refractivity contribution in [3.05, 3.63) is 30.9 Å². The molecule has 28 heavy (non-hydrogen) atoms. The Balaban J connectivity index is 0.000000345. The van der Waals surface area contributed by atoms with Crippen molar-refractivity contribution in [2.45, 2.75) is 26.7 Å². The first-order valence-electron chi connectivity index (χ1n) is 8.46. The number of carbonyl (C=O) groups is 2. The van der Waals surface area contributed by atoms with E-state index in [1.54, 1.807) is 13.2 Å². The fourth-order valence-corrected chi connectivity index (χ4v) is 2.28. The topological polar surface area (TPSA) is 150 Å². The third-order valence-electron chi connectivity index (χ3n) is 3.45. The Bertz CT molecular complexity index is 943. The average Bonchev–Trinajstić information content (AvgIpc) is 3.21. The molecule has 3 aromatic rings. The molecule has 11 nitrogen and oxygen atoms in total. The number of carbonyl (C=O) groups excluding carboxylic acids is 2. The molecule has 11 heteroatoms. The summed E-state index contributed by atoms with van der Waals surface area (Å²) in [6.07, 6.45) is 4.31. The normalized spacial score (nSPS) is 10.0. The van der Waals surface area contributed by atoms with Crippen molar-refractivity contribution < 1.29 is 14.3 Å². The number of hydrazine groups is 1. The van der Waals surface area contributed by atoms with E-state index in [2.05, 4.69) is 25.4 Å². The second-order valence-corrected chi connectivity index (χ2v) is 5.57. The van der Waals surface area contributed by atoms with Crippen molar-refractivity contribution in [1.29, 1.82) is 0 Å². The Labute approximate surface area is 161 Å². The van der Waals surface area contributed by atoms with Gasteiger partial charge in [0, 0.05) is 18.7 Å². The van der Waals surface area contributed by atoms with Crippen molar-refractivity contribution >= 4 is 28.7 Å². The summed E-state index contributed by atoms with van der Waals surface area (Å²) in [6.45, 7) is 3.32. The lowest BCUT2D eigenvalue weighted by atomic mass is 10.2. The van der Waals surface area contributed by atoms with Gasteiger partial charge in [-0.05, 0) is 18.6 Å². The van der Waals surface area contributed by atoms with Crippen LogP contribution in [0.3, 0.4) is 0 Å². The van der Waals surface area contributed by atoms with Gasteiger partial charge in [0.25, 0.3) is 0 Å². The smallest absolute Gasteiger partial charge is 0.233 e. The van der Waals surface area contributed by atoms with Gasteiger partial charge in [-0.2, -0.15) is 10.1 Å². The first-order valence-corrected chi connectivity index (χ1v) is 8.46. The fourth-order valence-electron chi connectivity index (χ4n) is 2.28. The van der Waals surface area contributed by atoms with E-state index in [1.807, 2.05) is 24.5 Å². The van der Waals surface area contributed by atoms with Crippen molar-refractivity contribution in [2.24, 2.45) is 5.84 Å². The predicted molar refractivity (Wildman–Crippen MR) is 103 cm³/mol. The van der Waals surface area contributed by atoms with Gasteiger partial charge in [-0.3, -0.25) is 20.3 Å². The minimum absolute atomic E-state index is 0.0949. The van der Waals surface area contributed by atoms with Gasteiger partial charge < -0.3 is 4.74 Å². The molecule has 0 radical (unpaired) electrons. The minimum Gasteiger partial charge on any atom is -0.494 e. The molecule has 0 unspecified atom stereocenters. The molecular weight excluding hydrogens is 364 g/mol. The van der Waals surface area contributed by atoms with Crippen LogP contribution in [0.4, 0.5) is 5.95 Å². The van der Waals surface area contributed by atoms with Crippen LogP contribution in [0.15, 0.2) is 30.9 Å². The van der Waals surface area contributed by atoms with E-state index >= 15 is 0 Å². The molecule has 2 amide bonds. The van der Waals surface area contributed by atoms with E-state index in [0.29, 0.717) is 23.5 Å². The van der Waals surface area contributed by atoms with Crippen LogP contribution in [0.25, 0.3) is 16.7 Å². The maximum absolute atomic E-state index is 11.2. The quantitative estimate of drug-likeness (QED) is 0.333. The molecule has 3 rings (SSSR count). The molecule has 0 bridgehead atoms. The van der Waals surface area contributed by atoms with E-state index in [9.17, 15) is 9.59 Å². The van der Waals surface area contributed by atoms with E-state index in [0.717, 1.165) is 11.8 Å². The highest BCUT2D eigenvalue weighted by Crippen LogP contribution is 2.28. The molecule has 148 valence electrons. The number of hydrogen-bond donors (Lipinski definition) is 3. The Morgan fingerprint density at radius 2 is 2.07 bits per heavy atom. The van der Waals surface area contributed by atoms with Gasteiger partial charge in [-0.25, -0.2) is 20.5 Å². The third kappa shape index (κ3) is 5.20. The lowest BCUT2D eigenvalue weighted by molar-refractivity contribution is -0.121. The van der Waals surface area contributed by atoms with Crippen LogP contribution in [0.5, 0.6) is 5.75 Å². The minimum atomic E-state index is -0.256. The molecule has 0 aliphatic rings. The molecule has 2 aromatic heterocycles. The molecule has 0 saturated heterocycles. The van der Waals surface area contributed by atoms with E-state index in [1.165, 1.54) is 24.3 Å². The number of rotatable bonds is 5. The number of fused-ring (bicyclic) bond motifs is 1. The van der Waals surface area contributed by atoms with Crippen LogP contribution < -0.4 is 21.3 Å². The monoisotopic (exact) mass is 386 g/mol. The largest absolute Gasteiger partial charge is 0.494 e. The third-order valence-corrected chi connectivity index (χ3v) is 3.45. The Morgan fingerprint density at radius 1 is 1.29 bits per heavy atom. The summed E-state index contributed by atoms with van der Waals surface area (Å²) in [5, 5.41) is 7.39. The van der Waals surface area contributed by atoms with Gasteiger partial charge >= 0.3 is 0 Å². The van der Waals surface area contributed by atoms with Crippen molar-refractivity contribution in [3.8, 4) is 11.6 Å². The zero-order valence-electron chi connectivity index (χ0n) is 15.8. The van der Waals surface area contributed by atoms with Gasteiger partial charge in [-0.1, -0.05) is 13.0 Å². The number of nitrogens with one attached hydrogen (secondary N) is 2. The number of nitrogens with zero attached hydrogens (tertiary/aromatic N) is 5. The lowest BCUT2D eigenvalue weighted by Gasteiger charge is -2.10. The maximum Gasteiger partial charge on any atom is 0.233 e. The highest BCUT2D eigenvalue weighted by Gasteiger charge is 2.14. The molecular formula is C17H22N8O3. The number of para-hydroxylation sites is 1. The summed E-state index contributed by atoms with van der Waals surface area (Å²) in [4.78, 5) is 34.0. The van der Waals surface area contributed by atoms with E-state index in [4.69, 9.17) is 10.6 Å². The molecule has 1 aromatic carbocycles. The van der Waals surface area contributed by atoms with Crippen LogP contribution in [-0.4, -0.2) is 43.7 Å². The SMILES string of the molecule is CCCC(=O)NN.COc1cccc2c(-n3cncn3)nc(NC(C)=O)nc12. The molecule has 4 N–H and O–H groups in total. The highest BCUT2D eigenvalue weighted by atomic mass is 16.5. The van der Waals surface area contributed by atoms with Crippen molar-refractivity contribution in [2.75, 3.05) is 12.4 Å². The number of methoxy groups -OCH3 is 1. The van der Waals surface area contributed by atoms with Gasteiger partial charge in [0.05, 0.1) is 7.11 Å². The fraction of sp³-hybridized carbons (Fsp3) is 0.294. The van der Waals surface area contributed by atoms with Crippen LogP contribution >= 0.6 is 0 Å². The number of anilines is 1. The molecule has 0 saturated carbocycles. The number of aromatic nitrogens is 5. The highest BCUT2D eigenvalue weighted by molar-refractivity contribution is 5.93. The molecule has 0 aliphatic heterocycles. The Morgan fingerprint density at radius 3 is 2.61 bits per heavy atom. The Hall–Kier alpha value is -3.60. The average molecular weight is 386 g/mol. The standard InChI is InChI=1S/C13H12N6O2.C4H10N2O/c1-8(20)16-13-17-11-9(4-3-5-10(11)21-2)12(18-13)19-7-14-6-15-19;1-2-3-4(7)6-5/h3-7H,1-2H3,(H,16,17,18,20);2-3,5H2,1H3,(H,6,7). The molecule has 0 spiro atoms. The van der Waals surface area contributed by atoms with E-state index in [-0.39, 0.29) is 17.8 Å². The summed E-state index contributed by atoms with van der Waals surface area (Å²) in [6, 6.07) is 5.48. The van der Waals surface area contributed by atoms with Crippen LogP contribution in [0, 0.1) is 0 Å². The van der Waals surface area contributed by atoms with Gasteiger partial charge in [0.2, 0.25) is 17.8 Å². The van der Waals surface area contributed by atoms with Crippen molar-refractivity contribution in [3.63, 3.8) is 0 Å². The van der Waals surface area contributed by atoms with Gasteiger partial charge in [0.1, 0.15) is 23.9 Å². The summed E-state index contributed by atoms with van der Waals surface area (Å²) in [7, 11) is 1.56. The summed E-state index contributed by atoms with van der Waals surface area (Å²) in [5.74, 6) is 5.69. The number of amides is 2. The lowest BCUT2D eigenvalue weighted by Crippen LogP contribution is -2.29. The number of nitrogens with two attached hydrogens (primary N) is 1. The molecule has 0 atom stereocenters. The van der Waals surface area contributed by atoms with E-state index < -0.39 is 0 Å². The second kappa shape index (κ2) is 9.92. The zero-order chi connectivity index (χ0) is 20.5. The summed E-state index contributed by atoms with van der Waals surface area (Å²) in [5.41, 5.74) is 2.61. The zero-order valence-corrected chi connectivity index (χ0v) is 15.8. The van der Waals surface area contributed by atoms with Crippen LogP contribution in [0.2, 0.25) is 0 Å². The van der Waals surface area contributed by atoms with Gasteiger partial charge in [-0.15, -0.1) is 0 Å². The number of ether oxygens (including phenoxy) is 1. The Kier molecular flexibility index (Phi) is 7.34. The van der Waals surface area contributed by atoms with Crippen molar-refractivity contribution in [1.82, 2.24) is 30.2 Å². The molecule has 0 aliphatic carbocycles. The molecule has 0 fully saturated rings. The summed E-state index contributed by atoms with van der Waals surface area (Å²) >= 11 is 0. The van der Waals surface area contributed by atoms with Gasteiger partial charge in [0.15, 0.2) is 5.82 Å². The molecule has 2 heterocycles. The second-order valence-electron chi connectivity index (χ2n) is 5.57. The van der Waals surface area contributed by atoms with Crippen LogP contribution in [0.1, 0.15) is 26.7 Å². The summed E-state index contributed by atoms with van der Waals surface area (Å²) < 4.78 is 6.82. The maximum atomic E-state index is 11.2. The predicted octanol–water partition coefficient (Wildman–Crippen LogP) is 0.954. The first kappa shape index (κ1) is 20.7. The number of hydrogen-bond acceptors (Lipinski definition) is 8.